The molecule has 5 N–H and O–H groups in total. The van der Waals surface area contributed by atoms with E-state index in [-0.39, 0.29) is 23.6 Å². The minimum atomic E-state index is -3.60. The Bertz CT molecular complexity index is 1410. The molecule has 0 aromatic carbocycles. The number of nitrogens with one attached hydrogen (secondary N) is 5. The lowest BCUT2D eigenvalue weighted by Gasteiger charge is -2.43. The van der Waals surface area contributed by atoms with Crippen LogP contribution in [0.5, 0.6) is 0 Å². The zero-order chi connectivity index (χ0) is 36.2. The third kappa shape index (κ3) is 9.61. The van der Waals surface area contributed by atoms with Gasteiger partial charge in [-0.3, -0.25) is 19.2 Å². The number of ketones is 1. The topological polar surface area (TPSA) is 185 Å². The van der Waals surface area contributed by atoms with Crippen LogP contribution in [0.4, 0.5) is 4.79 Å². The maximum absolute atomic E-state index is 14.6. The summed E-state index contributed by atoms with van der Waals surface area (Å²) in [4.78, 5) is 69.9. The van der Waals surface area contributed by atoms with E-state index in [0.717, 1.165) is 77.0 Å². The summed E-state index contributed by atoms with van der Waals surface area (Å²) >= 11 is 0. The maximum atomic E-state index is 14.6. The van der Waals surface area contributed by atoms with Crippen LogP contribution in [0.1, 0.15) is 116 Å². The quantitative estimate of drug-likeness (QED) is 0.162. The van der Waals surface area contributed by atoms with Gasteiger partial charge in [0.05, 0.1) is 24.8 Å². The second-order valence-electron chi connectivity index (χ2n) is 16.5. The smallest absolute Gasteiger partial charge is 0.315 e. The van der Waals surface area contributed by atoms with Crippen molar-refractivity contribution in [2.24, 2.45) is 11.3 Å². The molecular weight excluding hydrogens is 676 g/mol. The number of Topliss-reactive ketones (excluding diaryl/α,β-unsaturated/α-hetero) is 1. The van der Waals surface area contributed by atoms with Gasteiger partial charge in [0, 0.05) is 12.6 Å². The molecule has 1 unspecified atom stereocenters. The second-order valence-corrected chi connectivity index (χ2v) is 18.6. The molecule has 0 radical (unpaired) electrons. The molecule has 14 nitrogen and oxygen atoms in total. The highest BCUT2D eigenvalue weighted by atomic mass is 32.2. The number of urea groups is 1. The third-order valence-corrected chi connectivity index (χ3v) is 14.5. The minimum Gasteiger partial charge on any atom is -0.370 e. The molecule has 5 amide bonds. The second kappa shape index (κ2) is 16.1. The van der Waals surface area contributed by atoms with Crippen molar-refractivity contribution in [3.05, 3.63) is 0 Å². The molecular formula is C36H59N6O8S+. The molecule has 4 aliphatic carbocycles. The molecule has 2 heterocycles. The number of morpholine rings is 1. The van der Waals surface area contributed by atoms with Crippen LogP contribution in [0.15, 0.2) is 0 Å². The molecule has 0 spiro atoms. The molecule has 0 aromatic rings. The van der Waals surface area contributed by atoms with Gasteiger partial charge in [0.1, 0.15) is 30.9 Å². The lowest BCUT2D eigenvalue weighted by Crippen LogP contribution is -3.16. The summed E-state index contributed by atoms with van der Waals surface area (Å²) in [5, 5.41) is 11.7. The number of amides is 5. The first kappa shape index (κ1) is 38.0. The van der Waals surface area contributed by atoms with E-state index in [1.807, 2.05) is 6.92 Å². The van der Waals surface area contributed by atoms with Crippen molar-refractivity contribution in [2.75, 3.05) is 38.6 Å². The molecule has 2 aliphatic heterocycles. The summed E-state index contributed by atoms with van der Waals surface area (Å²) in [6, 6.07) is -3.25. The van der Waals surface area contributed by atoms with Crippen LogP contribution in [-0.4, -0.2) is 111 Å². The Hall–Kier alpha value is -2.78. The fourth-order valence-corrected chi connectivity index (χ4v) is 10.9. The van der Waals surface area contributed by atoms with Crippen LogP contribution < -0.4 is 25.6 Å². The molecule has 286 valence electrons. The standard InChI is InChI=1S/C36H58N6O8S/c1-35(14-4-2-5-15-35)30(39-34(47)40-36(16-6-3-7-17-36)24-51(48,49)41-19-21-50-22-20-41)33(46)42-18-8-9-28(42)31(44)38-27(23-25-10-11-25)29(43)32(45)37-26-12-13-26/h25-28,30H,2-24H2,1H3,(H,37,45)(H,38,44)(H2,39,40,47)/p+1/t27?,28-,30+/m0/s1. The van der Waals surface area contributed by atoms with Gasteiger partial charge in [-0.15, -0.1) is 0 Å². The number of hydrogen-bond acceptors (Lipinski definition) is 8. The number of nitrogens with zero attached hydrogens (tertiary/aromatic N) is 1. The zero-order valence-electron chi connectivity index (χ0n) is 30.3. The van der Waals surface area contributed by atoms with Gasteiger partial charge in [-0.2, -0.15) is 8.42 Å². The molecule has 6 aliphatic rings. The van der Waals surface area contributed by atoms with Gasteiger partial charge in [0.2, 0.25) is 17.6 Å². The largest absolute Gasteiger partial charge is 0.370 e. The van der Waals surface area contributed by atoms with E-state index >= 15 is 0 Å². The van der Waals surface area contributed by atoms with Crippen molar-refractivity contribution in [1.29, 1.82) is 0 Å². The normalized spacial score (nSPS) is 26.4. The van der Waals surface area contributed by atoms with Gasteiger partial charge < -0.3 is 30.9 Å². The Labute approximate surface area is 302 Å². The van der Waals surface area contributed by atoms with Gasteiger partial charge in [-0.25, -0.2) is 9.10 Å². The molecule has 6 rings (SSSR count). The Balaban J connectivity index is 1.17. The van der Waals surface area contributed by atoms with Gasteiger partial charge >= 0.3 is 6.03 Å². The van der Waals surface area contributed by atoms with Crippen molar-refractivity contribution in [1.82, 2.24) is 26.2 Å². The highest BCUT2D eigenvalue weighted by Crippen LogP contribution is 2.40. The minimum absolute atomic E-state index is 0.0210. The summed E-state index contributed by atoms with van der Waals surface area (Å²) < 4.78 is 33.1. The molecule has 51 heavy (non-hydrogen) atoms. The number of hydrogen-bond donors (Lipinski definition) is 5. The van der Waals surface area contributed by atoms with Crippen LogP contribution in [-0.2, 0) is 33.9 Å². The highest BCUT2D eigenvalue weighted by molar-refractivity contribution is 7.85. The molecule has 3 atom stereocenters. The Morgan fingerprint density at radius 1 is 0.843 bits per heavy atom. The van der Waals surface area contributed by atoms with Crippen LogP contribution in [0.2, 0.25) is 0 Å². The average molecular weight is 736 g/mol. The molecule has 0 aromatic heterocycles. The van der Waals surface area contributed by atoms with E-state index in [1.54, 1.807) is 4.90 Å². The number of quaternary nitrogens is 1. The summed E-state index contributed by atoms with van der Waals surface area (Å²) in [5.41, 5.74) is -1.51. The fourth-order valence-electron chi connectivity index (χ4n) is 8.80. The van der Waals surface area contributed by atoms with Crippen LogP contribution in [0.25, 0.3) is 0 Å². The van der Waals surface area contributed by atoms with E-state index in [0.29, 0.717) is 69.3 Å². The number of ether oxygens (including phenoxy) is 1. The molecule has 4 saturated carbocycles. The number of carbonyl (C=O) groups is 5. The lowest BCUT2D eigenvalue weighted by atomic mass is 9.70. The van der Waals surface area contributed by atoms with Crippen molar-refractivity contribution >= 4 is 39.6 Å². The Morgan fingerprint density at radius 2 is 1.49 bits per heavy atom. The number of rotatable bonds is 14. The highest BCUT2D eigenvalue weighted by Gasteiger charge is 2.48. The van der Waals surface area contributed by atoms with Crippen LogP contribution in [0, 0.1) is 11.3 Å². The number of sulfonamides is 1. The fraction of sp³-hybridized carbons (Fsp3) is 0.861. The zero-order valence-corrected chi connectivity index (χ0v) is 31.1. The van der Waals surface area contributed by atoms with Crippen molar-refractivity contribution in [2.45, 2.75) is 146 Å². The van der Waals surface area contributed by atoms with Gasteiger partial charge in [-0.1, -0.05) is 58.3 Å². The van der Waals surface area contributed by atoms with Crippen molar-refractivity contribution in [3.8, 4) is 0 Å². The SMILES string of the molecule is CC1([C@H](NC(=O)NC2(CS(=O)(=O)[NH+]3CCOCC3)CCCCC2)C(=O)N2CCC[C@H]2C(=O)NC(CC2CC2)C(=O)C(=O)NC2CC2)CCCCC1. The van der Waals surface area contributed by atoms with Crippen molar-refractivity contribution < 1.29 is 41.4 Å². The van der Waals surface area contributed by atoms with Crippen LogP contribution in [0.3, 0.4) is 0 Å². The van der Waals surface area contributed by atoms with E-state index in [1.165, 1.54) is 0 Å². The Kier molecular flexibility index (Phi) is 12.0. The third-order valence-electron chi connectivity index (χ3n) is 12.2. The lowest BCUT2D eigenvalue weighted by molar-refractivity contribution is -0.779. The summed E-state index contributed by atoms with van der Waals surface area (Å²) in [5.74, 6) is -1.99. The van der Waals surface area contributed by atoms with E-state index in [9.17, 15) is 32.4 Å². The van der Waals surface area contributed by atoms with Gasteiger partial charge in [0.25, 0.3) is 15.9 Å². The molecule has 15 heteroatoms. The predicted octanol–water partition coefficient (Wildman–Crippen LogP) is 0.696. The average Bonchev–Trinajstić information content (AvgIpc) is 4.05. The van der Waals surface area contributed by atoms with E-state index in [2.05, 4.69) is 21.3 Å². The summed E-state index contributed by atoms with van der Waals surface area (Å²) in [7, 11) is -3.60. The number of likely N-dealkylation sites (tertiary alicyclic amines) is 1. The van der Waals surface area contributed by atoms with Gasteiger partial charge in [-0.05, 0) is 69.1 Å². The Morgan fingerprint density at radius 3 is 2.12 bits per heavy atom. The first-order chi connectivity index (χ1) is 24.4. The van der Waals surface area contributed by atoms with Gasteiger partial charge in [0.15, 0.2) is 0 Å². The molecule has 6 fully saturated rings. The first-order valence-corrected chi connectivity index (χ1v) is 21.2. The monoisotopic (exact) mass is 735 g/mol. The van der Waals surface area contributed by atoms with E-state index < -0.39 is 62.7 Å². The molecule has 0 bridgehead atoms. The summed E-state index contributed by atoms with van der Waals surface area (Å²) in [6.07, 6.45) is 12.9. The first-order valence-electron chi connectivity index (χ1n) is 19.6. The van der Waals surface area contributed by atoms with Crippen LogP contribution >= 0.6 is 0 Å². The van der Waals surface area contributed by atoms with E-state index in [4.69, 9.17) is 4.74 Å². The number of carbonyl (C=O) groups excluding carboxylic acids is 5. The summed E-state index contributed by atoms with van der Waals surface area (Å²) in [6.45, 7) is 3.84. The maximum Gasteiger partial charge on any atom is 0.315 e. The predicted molar refractivity (Wildman–Crippen MR) is 188 cm³/mol. The van der Waals surface area contributed by atoms with Crippen molar-refractivity contribution in [3.63, 3.8) is 0 Å². The molecule has 2 saturated heterocycles.